The van der Waals surface area contributed by atoms with Crippen LogP contribution in [0.1, 0.15) is 35.1 Å². The van der Waals surface area contributed by atoms with Crippen LogP contribution >= 0.6 is 0 Å². The van der Waals surface area contributed by atoms with Gasteiger partial charge < -0.3 is 0 Å². The standard InChI is InChI=1S/C18H19N/c1-14-6-4-7-15(12-14)13-19-18-11-5-9-16-8-2-3-10-17(16)18/h4-7,9,11-13H,2-3,8,10H2,1H3. The van der Waals surface area contributed by atoms with E-state index in [-0.39, 0.29) is 0 Å². The highest BCUT2D eigenvalue weighted by Gasteiger charge is 2.11. The average Bonchev–Trinajstić information content (AvgIpc) is 2.45. The summed E-state index contributed by atoms with van der Waals surface area (Å²) in [5.41, 5.74) is 6.55. The van der Waals surface area contributed by atoms with E-state index in [0.717, 1.165) is 5.69 Å². The van der Waals surface area contributed by atoms with Crippen molar-refractivity contribution in [2.24, 2.45) is 4.99 Å². The Morgan fingerprint density at radius 3 is 2.74 bits per heavy atom. The van der Waals surface area contributed by atoms with Crippen LogP contribution in [0.2, 0.25) is 0 Å². The SMILES string of the molecule is Cc1cccc(C=Nc2cccc3c2CCCC3)c1. The molecule has 0 fully saturated rings. The largest absolute Gasteiger partial charge is 0.256 e. The summed E-state index contributed by atoms with van der Waals surface area (Å²) in [6, 6.07) is 15.0. The number of aliphatic imine (C=N–C) groups is 1. The van der Waals surface area contributed by atoms with E-state index in [2.05, 4.69) is 49.4 Å². The van der Waals surface area contributed by atoms with E-state index in [0.29, 0.717) is 0 Å². The monoisotopic (exact) mass is 249 g/mol. The summed E-state index contributed by atoms with van der Waals surface area (Å²) in [5, 5.41) is 0. The first-order chi connectivity index (χ1) is 9.33. The first kappa shape index (κ1) is 12.2. The maximum absolute atomic E-state index is 4.71. The summed E-state index contributed by atoms with van der Waals surface area (Å²) in [7, 11) is 0. The lowest BCUT2D eigenvalue weighted by atomic mass is 9.90. The van der Waals surface area contributed by atoms with Crippen molar-refractivity contribution in [3.63, 3.8) is 0 Å². The molecule has 1 nitrogen and oxygen atoms in total. The number of hydrogen-bond acceptors (Lipinski definition) is 1. The molecule has 96 valence electrons. The Morgan fingerprint density at radius 1 is 1.00 bits per heavy atom. The highest BCUT2D eigenvalue weighted by atomic mass is 14.7. The van der Waals surface area contributed by atoms with E-state index in [1.54, 1.807) is 0 Å². The molecule has 19 heavy (non-hydrogen) atoms. The first-order valence-electron chi connectivity index (χ1n) is 7.04. The third kappa shape index (κ3) is 2.76. The lowest BCUT2D eigenvalue weighted by Gasteiger charge is -2.17. The minimum Gasteiger partial charge on any atom is -0.256 e. The molecule has 3 rings (SSSR count). The van der Waals surface area contributed by atoms with Gasteiger partial charge in [0.25, 0.3) is 0 Å². The second-order valence-electron chi connectivity index (χ2n) is 5.29. The average molecular weight is 249 g/mol. The summed E-state index contributed by atoms with van der Waals surface area (Å²) in [4.78, 5) is 4.71. The summed E-state index contributed by atoms with van der Waals surface area (Å²) >= 11 is 0. The second-order valence-corrected chi connectivity index (χ2v) is 5.29. The van der Waals surface area contributed by atoms with E-state index in [1.165, 1.54) is 47.9 Å². The molecule has 1 aliphatic carbocycles. The summed E-state index contributed by atoms with van der Waals surface area (Å²) in [6.07, 6.45) is 6.99. The van der Waals surface area contributed by atoms with E-state index in [9.17, 15) is 0 Å². The van der Waals surface area contributed by atoms with Crippen molar-refractivity contribution in [3.8, 4) is 0 Å². The van der Waals surface area contributed by atoms with Gasteiger partial charge in [-0.2, -0.15) is 0 Å². The van der Waals surface area contributed by atoms with E-state index in [4.69, 9.17) is 4.99 Å². The van der Waals surface area contributed by atoms with Gasteiger partial charge in [0, 0.05) is 6.21 Å². The van der Waals surface area contributed by atoms with Crippen molar-refractivity contribution in [2.75, 3.05) is 0 Å². The van der Waals surface area contributed by atoms with Gasteiger partial charge in [-0.05, 0) is 55.4 Å². The van der Waals surface area contributed by atoms with Crippen molar-refractivity contribution in [1.29, 1.82) is 0 Å². The quantitative estimate of drug-likeness (QED) is 0.688. The lowest BCUT2D eigenvalue weighted by molar-refractivity contribution is 0.686. The predicted octanol–water partition coefficient (Wildman–Crippen LogP) is 4.62. The zero-order chi connectivity index (χ0) is 13.1. The van der Waals surface area contributed by atoms with E-state index < -0.39 is 0 Å². The van der Waals surface area contributed by atoms with Gasteiger partial charge in [-0.15, -0.1) is 0 Å². The van der Waals surface area contributed by atoms with Crippen LogP contribution in [0.15, 0.2) is 47.5 Å². The molecule has 0 N–H and O–H groups in total. The van der Waals surface area contributed by atoms with Crippen molar-refractivity contribution >= 4 is 11.9 Å². The molecular weight excluding hydrogens is 230 g/mol. The minimum atomic E-state index is 1.15. The van der Waals surface area contributed by atoms with Crippen LogP contribution in [-0.4, -0.2) is 6.21 Å². The molecule has 0 radical (unpaired) electrons. The Hall–Kier alpha value is -1.89. The summed E-state index contributed by atoms with van der Waals surface area (Å²) < 4.78 is 0. The highest BCUT2D eigenvalue weighted by Crippen LogP contribution is 2.29. The van der Waals surface area contributed by atoms with Gasteiger partial charge in [-0.3, -0.25) is 4.99 Å². The Balaban J connectivity index is 1.91. The molecule has 0 spiro atoms. The topological polar surface area (TPSA) is 12.4 Å². The maximum atomic E-state index is 4.71. The Morgan fingerprint density at radius 2 is 1.84 bits per heavy atom. The Labute approximate surface area is 115 Å². The fourth-order valence-electron chi connectivity index (χ4n) is 2.78. The molecular formula is C18H19N. The van der Waals surface area contributed by atoms with Crippen molar-refractivity contribution in [2.45, 2.75) is 32.6 Å². The van der Waals surface area contributed by atoms with Gasteiger partial charge in [0.05, 0.1) is 5.69 Å². The van der Waals surface area contributed by atoms with Crippen LogP contribution in [-0.2, 0) is 12.8 Å². The van der Waals surface area contributed by atoms with Gasteiger partial charge in [0.1, 0.15) is 0 Å². The first-order valence-corrected chi connectivity index (χ1v) is 7.04. The number of rotatable bonds is 2. The van der Waals surface area contributed by atoms with Crippen LogP contribution in [0.3, 0.4) is 0 Å². The molecule has 0 aromatic heterocycles. The van der Waals surface area contributed by atoms with Gasteiger partial charge in [-0.25, -0.2) is 0 Å². The van der Waals surface area contributed by atoms with Gasteiger partial charge in [0.2, 0.25) is 0 Å². The van der Waals surface area contributed by atoms with Crippen LogP contribution in [0.5, 0.6) is 0 Å². The minimum absolute atomic E-state index is 1.15. The fourth-order valence-corrected chi connectivity index (χ4v) is 2.78. The molecule has 2 aromatic carbocycles. The number of hydrogen-bond donors (Lipinski definition) is 0. The number of nitrogens with zero attached hydrogens (tertiary/aromatic N) is 1. The van der Waals surface area contributed by atoms with Crippen LogP contribution in [0.25, 0.3) is 0 Å². The van der Waals surface area contributed by atoms with E-state index >= 15 is 0 Å². The van der Waals surface area contributed by atoms with Gasteiger partial charge in [-0.1, -0.05) is 42.0 Å². The molecule has 1 heteroatoms. The summed E-state index contributed by atoms with van der Waals surface area (Å²) in [5.74, 6) is 0. The van der Waals surface area contributed by atoms with Crippen molar-refractivity contribution in [3.05, 3.63) is 64.7 Å². The Bertz CT molecular complexity index is 611. The molecule has 0 saturated heterocycles. The molecule has 1 aliphatic rings. The van der Waals surface area contributed by atoms with Crippen LogP contribution in [0.4, 0.5) is 5.69 Å². The lowest BCUT2D eigenvalue weighted by Crippen LogP contribution is -2.02. The molecule has 0 aliphatic heterocycles. The van der Waals surface area contributed by atoms with Crippen molar-refractivity contribution in [1.82, 2.24) is 0 Å². The second kappa shape index (κ2) is 5.40. The van der Waals surface area contributed by atoms with Gasteiger partial charge >= 0.3 is 0 Å². The molecule has 0 unspecified atom stereocenters. The van der Waals surface area contributed by atoms with Crippen LogP contribution < -0.4 is 0 Å². The number of aryl methyl sites for hydroxylation is 2. The zero-order valence-electron chi connectivity index (χ0n) is 11.4. The maximum Gasteiger partial charge on any atom is 0.0664 e. The Kier molecular flexibility index (Phi) is 3.45. The number of fused-ring (bicyclic) bond motifs is 1. The zero-order valence-corrected chi connectivity index (χ0v) is 11.4. The third-order valence-electron chi connectivity index (χ3n) is 3.77. The van der Waals surface area contributed by atoms with E-state index in [1.807, 2.05) is 6.21 Å². The third-order valence-corrected chi connectivity index (χ3v) is 3.77. The smallest absolute Gasteiger partial charge is 0.0664 e. The molecule has 0 amide bonds. The predicted molar refractivity (Wildman–Crippen MR) is 81.5 cm³/mol. The van der Waals surface area contributed by atoms with Crippen molar-refractivity contribution < 1.29 is 0 Å². The summed E-state index contributed by atoms with van der Waals surface area (Å²) in [6.45, 7) is 2.11. The molecule has 0 saturated carbocycles. The fraction of sp³-hybridized carbons (Fsp3) is 0.278. The normalized spacial score (nSPS) is 14.6. The van der Waals surface area contributed by atoms with Gasteiger partial charge in [0.15, 0.2) is 0 Å². The molecule has 0 bridgehead atoms. The molecule has 0 heterocycles. The molecule has 2 aromatic rings. The van der Waals surface area contributed by atoms with Crippen LogP contribution in [0, 0.1) is 6.92 Å². The molecule has 0 atom stereocenters. The number of benzene rings is 2. The highest BCUT2D eigenvalue weighted by molar-refractivity contribution is 5.82.